The van der Waals surface area contributed by atoms with Gasteiger partial charge < -0.3 is 5.32 Å². The number of hydrogen-bond acceptors (Lipinski definition) is 6. The first-order chi connectivity index (χ1) is 9.75. The van der Waals surface area contributed by atoms with E-state index in [4.69, 9.17) is 0 Å². The van der Waals surface area contributed by atoms with E-state index in [1.165, 1.54) is 10.4 Å². The van der Waals surface area contributed by atoms with Crippen molar-refractivity contribution in [3.63, 3.8) is 0 Å². The fraction of sp³-hybridized carbons (Fsp3) is 0.385. The Morgan fingerprint density at radius 3 is 3.00 bits per heavy atom. The van der Waals surface area contributed by atoms with E-state index in [0.29, 0.717) is 0 Å². The van der Waals surface area contributed by atoms with Gasteiger partial charge in [0, 0.05) is 24.2 Å². The molecule has 6 nitrogen and oxygen atoms in total. The monoisotopic (exact) mass is 288 g/mol. The fourth-order valence-corrected chi connectivity index (χ4v) is 3.11. The number of aryl methyl sites for hydroxylation is 3. The van der Waals surface area contributed by atoms with Crippen LogP contribution in [0.1, 0.15) is 16.9 Å². The predicted octanol–water partition coefficient (Wildman–Crippen LogP) is 2.40. The predicted molar refractivity (Wildman–Crippen MR) is 80.0 cm³/mol. The molecule has 0 unspecified atom stereocenters. The first-order valence-electron chi connectivity index (χ1n) is 6.54. The van der Waals surface area contributed by atoms with Gasteiger partial charge in [0.2, 0.25) is 0 Å². The smallest absolute Gasteiger partial charge is 0.138 e. The summed E-state index contributed by atoms with van der Waals surface area (Å²) >= 11 is 1.72. The molecule has 1 N–H and O–H groups in total. The number of fused-ring (bicyclic) bond motifs is 1. The Hall–Kier alpha value is -2.02. The van der Waals surface area contributed by atoms with Gasteiger partial charge in [0.1, 0.15) is 17.0 Å². The van der Waals surface area contributed by atoms with Crippen molar-refractivity contribution in [3.05, 3.63) is 29.2 Å². The van der Waals surface area contributed by atoms with Gasteiger partial charge >= 0.3 is 0 Å². The van der Waals surface area contributed by atoms with Crippen LogP contribution in [0.2, 0.25) is 0 Å². The molecule has 0 aromatic carbocycles. The molecule has 3 aromatic rings. The van der Waals surface area contributed by atoms with Crippen molar-refractivity contribution in [2.75, 3.05) is 11.9 Å². The van der Waals surface area contributed by atoms with Crippen LogP contribution < -0.4 is 5.32 Å². The summed E-state index contributed by atoms with van der Waals surface area (Å²) in [6.07, 6.45) is 6.16. The lowest BCUT2D eigenvalue weighted by Crippen LogP contribution is -2.08. The van der Waals surface area contributed by atoms with Crippen molar-refractivity contribution in [1.82, 2.24) is 25.0 Å². The average molecular weight is 288 g/mol. The molecule has 20 heavy (non-hydrogen) atoms. The lowest BCUT2D eigenvalue weighted by Gasteiger charge is -2.07. The molecule has 0 fully saturated rings. The molecule has 0 radical (unpaired) electrons. The highest BCUT2D eigenvalue weighted by atomic mass is 32.1. The number of aromatic nitrogens is 5. The second-order valence-electron chi connectivity index (χ2n) is 4.63. The summed E-state index contributed by atoms with van der Waals surface area (Å²) in [5, 5.41) is 12.3. The van der Waals surface area contributed by atoms with Crippen molar-refractivity contribution >= 4 is 27.4 Å². The Morgan fingerprint density at radius 2 is 2.20 bits per heavy atom. The molecule has 0 aliphatic heterocycles. The summed E-state index contributed by atoms with van der Waals surface area (Å²) in [4.78, 5) is 11.0. The van der Waals surface area contributed by atoms with Crippen molar-refractivity contribution < 1.29 is 0 Å². The van der Waals surface area contributed by atoms with Crippen molar-refractivity contribution in [3.8, 4) is 0 Å². The van der Waals surface area contributed by atoms with E-state index in [-0.39, 0.29) is 0 Å². The lowest BCUT2D eigenvalue weighted by molar-refractivity contribution is 0.569. The minimum atomic E-state index is 0.848. The van der Waals surface area contributed by atoms with Crippen LogP contribution in [0.4, 0.5) is 5.82 Å². The largest absolute Gasteiger partial charge is 0.369 e. The van der Waals surface area contributed by atoms with Crippen LogP contribution in [-0.2, 0) is 6.54 Å². The summed E-state index contributed by atoms with van der Waals surface area (Å²) in [6, 6.07) is 0. The zero-order valence-corrected chi connectivity index (χ0v) is 12.3. The maximum absolute atomic E-state index is 4.37. The number of nitrogens with one attached hydrogen (secondary N) is 1. The van der Waals surface area contributed by atoms with Gasteiger partial charge in [-0.15, -0.1) is 16.4 Å². The van der Waals surface area contributed by atoms with E-state index in [0.717, 1.165) is 35.5 Å². The van der Waals surface area contributed by atoms with Crippen molar-refractivity contribution in [1.29, 1.82) is 0 Å². The van der Waals surface area contributed by atoms with Crippen molar-refractivity contribution in [2.24, 2.45) is 0 Å². The SMILES string of the molecule is Cc1sc2ncnc(NCCCn3ccnn3)c2c1C. The molecule has 0 aliphatic rings. The van der Waals surface area contributed by atoms with Crippen molar-refractivity contribution in [2.45, 2.75) is 26.8 Å². The normalized spacial score (nSPS) is 11.1. The number of rotatable bonds is 5. The zero-order chi connectivity index (χ0) is 13.9. The molecule has 0 atom stereocenters. The third-order valence-electron chi connectivity index (χ3n) is 3.29. The van der Waals surface area contributed by atoms with Crippen LogP contribution in [0.3, 0.4) is 0 Å². The first-order valence-corrected chi connectivity index (χ1v) is 7.36. The third-order valence-corrected chi connectivity index (χ3v) is 4.41. The molecule has 0 bridgehead atoms. The van der Waals surface area contributed by atoms with Gasteiger partial charge in [-0.2, -0.15) is 0 Å². The summed E-state index contributed by atoms with van der Waals surface area (Å²) in [5.74, 6) is 0.926. The van der Waals surface area contributed by atoms with E-state index in [1.807, 2.05) is 10.9 Å². The Kier molecular flexibility index (Phi) is 3.60. The second kappa shape index (κ2) is 5.54. The number of anilines is 1. The third kappa shape index (κ3) is 2.49. The molecule has 0 amide bonds. The van der Waals surface area contributed by atoms with Crippen LogP contribution in [0.5, 0.6) is 0 Å². The molecular weight excluding hydrogens is 272 g/mol. The molecule has 3 aromatic heterocycles. The summed E-state index contributed by atoms with van der Waals surface area (Å²) in [5.41, 5.74) is 1.27. The van der Waals surface area contributed by atoms with Gasteiger partial charge in [-0.05, 0) is 25.8 Å². The highest BCUT2D eigenvalue weighted by Gasteiger charge is 2.11. The van der Waals surface area contributed by atoms with E-state index in [9.17, 15) is 0 Å². The minimum Gasteiger partial charge on any atom is -0.369 e. The molecule has 0 spiro atoms. The molecule has 0 saturated heterocycles. The van der Waals surface area contributed by atoms with Crippen LogP contribution in [0.15, 0.2) is 18.7 Å². The number of thiophene rings is 1. The highest BCUT2D eigenvalue weighted by molar-refractivity contribution is 7.18. The lowest BCUT2D eigenvalue weighted by atomic mass is 10.2. The topological polar surface area (TPSA) is 68.5 Å². The maximum atomic E-state index is 4.37. The maximum Gasteiger partial charge on any atom is 0.138 e. The Labute approximate surface area is 120 Å². The first kappa shape index (κ1) is 13.0. The minimum absolute atomic E-state index is 0.848. The quantitative estimate of drug-likeness (QED) is 0.730. The van der Waals surface area contributed by atoms with Gasteiger partial charge in [-0.1, -0.05) is 5.21 Å². The number of nitrogens with zero attached hydrogens (tertiary/aromatic N) is 5. The van der Waals surface area contributed by atoms with Gasteiger partial charge in [0.15, 0.2) is 0 Å². The van der Waals surface area contributed by atoms with E-state index in [2.05, 4.69) is 39.4 Å². The molecule has 7 heteroatoms. The van der Waals surface area contributed by atoms with E-state index >= 15 is 0 Å². The molecule has 104 valence electrons. The Bertz CT molecular complexity index is 703. The Morgan fingerprint density at radius 1 is 1.30 bits per heavy atom. The molecule has 0 aliphatic carbocycles. The van der Waals surface area contributed by atoms with Crippen LogP contribution in [-0.4, -0.2) is 31.5 Å². The summed E-state index contributed by atoms with van der Waals surface area (Å²) in [7, 11) is 0. The zero-order valence-electron chi connectivity index (χ0n) is 11.5. The van der Waals surface area contributed by atoms with Crippen LogP contribution >= 0.6 is 11.3 Å². The van der Waals surface area contributed by atoms with Gasteiger partial charge in [-0.25, -0.2) is 9.97 Å². The van der Waals surface area contributed by atoms with Gasteiger partial charge in [0.05, 0.1) is 11.6 Å². The number of hydrogen-bond donors (Lipinski definition) is 1. The highest BCUT2D eigenvalue weighted by Crippen LogP contribution is 2.32. The molecule has 0 saturated carbocycles. The standard InChI is InChI=1S/C13H16N6S/c1-9-10(2)20-13-11(9)12(15-8-16-13)14-4-3-6-19-7-5-17-18-19/h5,7-8H,3-4,6H2,1-2H3,(H,14,15,16). The Balaban J connectivity index is 1.68. The van der Waals surface area contributed by atoms with E-state index in [1.54, 1.807) is 23.9 Å². The second-order valence-corrected chi connectivity index (χ2v) is 5.84. The van der Waals surface area contributed by atoms with Crippen LogP contribution in [0.25, 0.3) is 10.2 Å². The average Bonchev–Trinajstić information content (AvgIpc) is 3.05. The molecular formula is C13H16N6S. The fourth-order valence-electron chi connectivity index (χ4n) is 2.12. The van der Waals surface area contributed by atoms with Gasteiger partial charge in [0.25, 0.3) is 0 Å². The van der Waals surface area contributed by atoms with Crippen LogP contribution in [0, 0.1) is 13.8 Å². The van der Waals surface area contributed by atoms with Gasteiger partial charge in [-0.3, -0.25) is 4.68 Å². The molecule has 3 rings (SSSR count). The summed E-state index contributed by atoms with van der Waals surface area (Å²) in [6.45, 7) is 5.94. The van der Waals surface area contributed by atoms with E-state index < -0.39 is 0 Å². The summed E-state index contributed by atoms with van der Waals surface area (Å²) < 4.78 is 1.83. The molecule has 3 heterocycles.